The van der Waals surface area contributed by atoms with Crippen LogP contribution in [0.15, 0.2) is 0 Å². The SMILES string of the molecule is CCC(CO)(CO)COCCC[Si](C)(C)O[Si](CCC(F)(F)F)(CCC(F)(F)F)O[Si](C)(C)O[Si](C)(C)C. The average molecular weight is 635 g/mol. The highest BCUT2D eigenvalue weighted by atomic mass is 28.5. The second-order valence-corrected chi connectivity index (χ2v) is 28.4. The zero-order valence-electron chi connectivity index (χ0n) is 24.1. The molecule has 2 N–H and O–H groups in total. The topological polar surface area (TPSA) is 77.4 Å². The number of aliphatic hydroxyl groups excluding tert-OH is 2. The molecule has 16 heteroatoms. The monoisotopic (exact) mass is 634 g/mol. The lowest BCUT2D eigenvalue weighted by atomic mass is 9.88. The van der Waals surface area contributed by atoms with E-state index in [1.807, 2.05) is 26.6 Å². The number of alkyl halides is 6. The Bertz CT molecular complexity index is 656. The summed E-state index contributed by atoms with van der Waals surface area (Å²) in [5.41, 5.74) is -0.763. The lowest BCUT2D eigenvalue weighted by Gasteiger charge is -2.44. The molecule has 0 unspecified atom stereocenters. The predicted octanol–water partition coefficient (Wildman–Crippen LogP) is 6.91. The third-order valence-corrected chi connectivity index (χ3v) is 21.1. The number of halogens is 6. The van der Waals surface area contributed by atoms with Crippen molar-refractivity contribution < 1.29 is 53.6 Å². The van der Waals surface area contributed by atoms with Crippen molar-refractivity contribution in [3.05, 3.63) is 0 Å². The summed E-state index contributed by atoms with van der Waals surface area (Å²) in [5.74, 6) is 0. The molecule has 230 valence electrons. The average Bonchev–Trinajstić information content (AvgIpc) is 2.70. The van der Waals surface area contributed by atoms with Crippen molar-refractivity contribution in [1.82, 2.24) is 0 Å². The van der Waals surface area contributed by atoms with E-state index in [0.29, 0.717) is 18.9 Å². The summed E-state index contributed by atoms with van der Waals surface area (Å²) in [4.78, 5) is 0. The molecule has 0 bridgehead atoms. The molecule has 6 nitrogen and oxygen atoms in total. The second-order valence-electron chi connectivity index (χ2n) is 12.0. The van der Waals surface area contributed by atoms with Gasteiger partial charge in [-0.15, -0.1) is 0 Å². The van der Waals surface area contributed by atoms with Gasteiger partial charge >= 0.3 is 29.5 Å². The first-order valence-corrected chi connectivity index (χ1v) is 24.5. The molecular formula is C22H48F6O6Si4. The molecule has 0 aliphatic heterocycles. The molecule has 0 aromatic rings. The van der Waals surface area contributed by atoms with Crippen LogP contribution in [0.4, 0.5) is 26.3 Å². The van der Waals surface area contributed by atoms with Crippen LogP contribution in [0.5, 0.6) is 0 Å². The zero-order chi connectivity index (χ0) is 30.1. The molecule has 0 aliphatic rings. The molecular weight excluding hydrogens is 587 g/mol. The lowest BCUT2D eigenvalue weighted by molar-refractivity contribution is -0.133. The van der Waals surface area contributed by atoms with Crippen LogP contribution < -0.4 is 0 Å². The van der Waals surface area contributed by atoms with Gasteiger partial charge in [0.1, 0.15) is 0 Å². The minimum atomic E-state index is -4.57. The number of rotatable bonds is 19. The van der Waals surface area contributed by atoms with Crippen LogP contribution in [0.3, 0.4) is 0 Å². The normalized spacial score (nSPS) is 14.8. The van der Waals surface area contributed by atoms with E-state index in [0.717, 1.165) is 0 Å². The molecule has 38 heavy (non-hydrogen) atoms. The van der Waals surface area contributed by atoms with Gasteiger partial charge < -0.3 is 27.3 Å². The van der Waals surface area contributed by atoms with Crippen LogP contribution >= 0.6 is 0 Å². The summed E-state index contributed by atoms with van der Waals surface area (Å²) in [6.45, 7) is 14.2. The van der Waals surface area contributed by atoms with Crippen molar-refractivity contribution in [3.63, 3.8) is 0 Å². The van der Waals surface area contributed by atoms with Gasteiger partial charge in [0.25, 0.3) is 0 Å². The Morgan fingerprint density at radius 3 is 1.53 bits per heavy atom. The van der Waals surface area contributed by atoms with E-state index < -0.39 is 76.5 Å². The summed E-state index contributed by atoms with van der Waals surface area (Å²) in [5, 5.41) is 19.1. The summed E-state index contributed by atoms with van der Waals surface area (Å²) in [6.07, 6.45) is -10.7. The smallest absolute Gasteiger partial charge is 0.389 e. The Labute approximate surface area is 228 Å². The van der Waals surface area contributed by atoms with Crippen LogP contribution in [0, 0.1) is 5.41 Å². The van der Waals surface area contributed by atoms with Gasteiger partial charge in [0.15, 0.2) is 16.6 Å². The van der Waals surface area contributed by atoms with Gasteiger partial charge in [-0.3, -0.25) is 0 Å². The van der Waals surface area contributed by atoms with E-state index in [-0.39, 0.29) is 26.4 Å². The second kappa shape index (κ2) is 14.9. The molecule has 0 heterocycles. The van der Waals surface area contributed by atoms with Crippen LogP contribution in [-0.4, -0.2) is 82.7 Å². The van der Waals surface area contributed by atoms with Crippen molar-refractivity contribution in [2.75, 3.05) is 26.4 Å². The largest absolute Gasteiger partial charge is 0.437 e. The molecule has 0 rings (SSSR count). The summed E-state index contributed by atoms with van der Waals surface area (Å²) < 4.78 is 104. The van der Waals surface area contributed by atoms with Crippen LogP contribution in [-0.2, 0) is 17.1 Å². The molecule has 0 atom stereocenters. The van der Waals surface area contributed by atoms with Gasteiger partial charge in [0.05, 0.1) is 19.8 Å². The fourth-order valence-corrected chi connectivity index (χ4v) is 23.3. The van der Waals surface area contributed by atoms with E-state index in [9.17, 15) is 36.6 Å². The minimum absolute atomic E-state index is 0.131. The first-order chi connectivity index (χ1) is 16.9. The Morgan fingerprint density at radius 1 is 0.684 bits per heavy atom. The molecule has 0 aromatic carbocycles. The van der Waals surface area contributed by atoms with Gasteiger partial charge in [-0.25, -0.2) is 0 Å². The van der Waals surface area contributed by atoms with E-state index in [2.05, 4.69) is 0 Å². The Hall–Kier alpha value is 0.208. The third kappa shape index (κ3) is 17.1. The molecule has 0 amide bonds. The quantitative estimate of drug-likeness (QED) is 0.0914. The minimum Gasteiger partial charge on any atom is -0.437 e. The summed E-state index contributed by atoms with van der Waals surface area (Å²) in [7, 11) is -12.2. The van der Waals surface area contributed by atoms with Gasteiger partial charge in [-0.1, -0.05) is 6.92 Å². The summed E-state index contributed by atoms with van der Waals surface area (Å²) >= 11 is 0. The van der Waals surface area contributed by atoms with E-state index in [4.69, 9.17) is 17.1 Å². The highest BCUT2D eigenvalue weighted by Gasteiger charge is 2.51. The van der Waals surface area contributed by atoms with E-state index >= 15 is 0 Å². The Kier molecular flexibility index (Phi) is 15.0. The van der Waals surface area contributed by atoms with Crippen molar-refractivity contribution >= 4 is 33.8 Å². The standard InChI is InChI=1S/C22H48F6O6Si4/c1-9-20(17-29,18-30)19-31-13-10-14-36(5,6)33-38(15-11-21(23,24)25,16-12-22(26,27)28)34-37(7,8)32-35(2,3)4/h29-30H,9-19H2,1-8H3. The van der Waals surface area contributed by atoms with E-state index in [1.165, 1.54) is 0 Å². The summed E-state index contributed by atoms with van der Waals surface area (Å²) in [6, 6.07) is -0.828. The van der Waals surface area contributed by atoms with E-state index in [1.54, 1.807) is 26.2 Å². The number of aliphatic hydroxyl groups is 2. The molecule has 0 spiro atoms. The van der Waals surface area contributed by atoms with Gasteiger partial charge in [0.2, 0.25) is 0 Å². The Morgan fingerprint density at radius 2 is 1.16 bits per heavy atom. The Balaban J connectivity index is 5.82. The molecule has 0 aliphatic carbocycles. The zero-order valence-corrected chi connectivity index (χ0v) is 28.1. The number of ether oxygens (including phenoxy) is 1. The van der Waals surface area contributed by atoms with Crippen LogP contribution in [0.25, 0.3) is 0 Å². The number of hydrogen-bond donors (Lipinski definition) is 2. The fraction of sp³-hybridized carbons (Fsp3) is 1.00. The predicted molar refractivity (Wildman–Crippen MR) is 145 cm³/mol. The third-order valence-electron chi connectivity index (χ3n) is 5.92. The maximum absolute atomic E-state index is 13.3. The lowest BCUT2D eigenvalue weighted by Crippen LogP contribution is -2.59. The van der Waals surface area contributed by atoms with Crippen LogP contribution in [0.2, 0.25) is 64.0 Å². The first-order valence-electron chi connectivity index (χ1n) is 13.0. The van der Waals surface area contributed by atoms with Crippen molar-refractivity contribution in [3.8, 4) is 0 Å². The van der Waals surface area contributed by atoms with Gasteiger partial charge in [0, 0.05) is 24.9 Å². The maximum atomic E-state index is 13.3. The van der Waals surface area contributed by atoms with Crippen molar-refractivity contribution in [2.45, 2.75) is 109 Å². The molecule has 0 saturated heterocycles. The highest BCUT2D eigenvalue weighted by molar-refractivity contribution is 6.90. The van der Waals surface area contributed by atoms with Crippen LogP contribution in [0.1, 0.15) is 32.6 Å². The number of hydrogen-bond acceptors (Lipinski definition) is 6. The molecule has 0 fully saturated rings. The highest BCUT2D eigenvalue weighted by Crippen LogP contribution is 2.38. The first kappa shape index (κ1) is 38.2. The molecule has 0 saturated carbocycles. The maximum Gasteiger partial charge on any atom is 0.389 e. The van der Waals surface area contributed by atoms with Gasteiger partial charge in [-0.05, 0) is 76.8 Å². The van der Waals surface area contributed by atoms with Crippen molar-refractivity contribution in [1.29, 1.82) is 0 Å². The molecule has 0 aromatic heterocycles. The van der Waals surface area contributed by atoms with Crippen molar-refractivity contribution in [2.24, 2.45) is 5.41 Å². The molecule has 0 radical (unpaired) electrons. The fourth-order valence-electron chi connectivity index (χ4n) is 4.13. The van der Waals surface area contributed by atoms with Gasteiger partial charge in [-0.2, -0.15) is 26.3 Å².